The minimum Gasteiger partial charge on any atom is -0.497 e. The van der Waals surface area contributed by atoms with Crippen LogP contribution >= 0.6 is 11.8 Å². The van der Waals surface area contributed by atoms with E-state index in [0.717, 1.165) is 11.3 Å². The molecule has 0 amide bonds. The van der Waals surface area contributed by atoms with Crippen molar-refractivity contribution in [3.8, 4) is 17.1 Å². The first-order valence-electron chi connectivity index (χ1n) is 11.0. The monoisotopic (exact) mass is 494 g/mol. The molecule has 3 aromatic heterocycles. The van der Waals surface area contributed by atoms with E-state index < -0.39 is 5.97 Å². The zero-order chi connectivity index (χ0) is 24.9. The van der Waals surface area contributed by atoms with Crippen LogP contribution in [0, 0.1) is 13.8 Å². The van der Waals surface area contributed by atoms with Gasteiger partial charge in [-0.2, -0.15) is 0 Å². The van der Waals surface area contributed by atoms with Crippen LogP contribution in [0.3, 0.4) is 0 Å². The molecule has 0 saturated carbocycles. The molecule has 3 heterocycles. The fourth-order valence-corrected chi connectivity index (χ4v) is 4.66. The SMILES string of the molecule is CCOC(=O)c1[nH]c(C)c(C(=O)CSc2nnc(-c3cccc(OC)c3)n2Cc2ccco2)c1C. The Morgan fingerprint density at radius 3 is 2.71 bits per heavy atom. The molecule has 0 fully saturated rings. The van der Waals surface area contributed by atoms with Crippen molar-refractivity contribution in [3.05, 3.63) is 70.9 Å². The molecule has 0 saturated heterocycles. The summed E-state index contributed by atoms with van der Waals surface area (Å²) < 4.78 is 17.9. The first kappa shape index (κ1) is 24.3. The predicted octanol–water partition coefficient (Wildman–Crippen LogP) is 4.69. The number of hydrogen-bond donors (Lipinski definition) is 1. The van der Waals surface area contributed by atoms with Crippen LogP contribution < -0.4 is 4.74 Å². The number of Topliss-reactive ketones (excluding diaryl/α,β-unsaturated/α-hetero) is 1. The highest BCUT2D eigenvalue weighted by molar-refractivity contribution is 7.99. The molecular formula is C25H26N4O5S. The second kappa shape index (κ2) is 10.6. The highest BCUT2D eigenvalue weighted by Crippen LogP contribution is 2.29. The molecule has 10 heteroatoms. The predicted molar refractivity (Wildman–Crippen MR) is 131 cm³/mol. The minimum atomic E-state index is -0.471. The van der Waals surface area contributed by atoms with Crippen molar-refractivity contribution >= 4 is 23.5 Å². The summed E-state index contributed by atoms with van der Waals surface area (Å²) in [5.41, 5.74) is 2.84. The summed E-state index contributed by atoms with van der Waals surface area (Å²) in [5.74, 6) is 1.60. The van der Waals surface area contributed by atoms with Gasteiger partial charge < -0.3 is 18.9 Å². The molecular weight excluding hydrogens is 468 g/mol. The fraction of sp³-hybridized carbons (Fsp3) is 0.280. The Hall–Kier alpha value is -3.79. The molecule has 4 rings (SSSR count). The second-order valence-corrected chi connectivity index (χ2v) is 8.70. The van der Waals surface area contributed by atoms with Crippen molar-refractivity contribution in [3.63, 3.8) is 0 Å². The fourth-order valence-electron chi connectivity index (χ4n) is 3.85. The topological polar surface area (TPSA) is 112 Å². The molecule has 9 nitrogen and oxygen atoms in total. The van der Waals surface area contributed by atoms with Crippen molar-refractivity contribution in [1.29, 1.82) is 0 Å². The number of hydrogen-bond acceptors (Lipinski definition) is 8. The van der Waals surface area contributed by atoms with E-state index in [1.165, 1.54) is 11.8 Å². The number of furan rings is 1. The summed E-state index contributed by atoms with van der Waals surface area (Å²) in [6, 6.07) is 11.2. The van der Waals surface area contributed by atoms with Crippen LogP contribution in [-0.2, 0) is 11.3 Å². The van der Waals surface area contributed by atoms with Gasteiger partial charge in [0.2, 0.25) is 0 Å². The lowest BCUT2D eigenvalue weighted by molar-refractivity contribution is 0.0519. The number of thioether (sulfide) groups is 1. The van der Waals surface area contributed by atoms with Crippen LogP contribution in [0.25, 0.3) is 11.4 Å². The van der Waals surface area contributed by atoms with Crippen molar-refractivity contribution in [1.82, 2.24) is 19.7 Å². The van der Waals surface area contributed by atoms with Crippen LogP contribution in [0.5, 0.6) is 5.75 Å². The lowest BCUT2D eigenvalue weighted by Crippen LogP contribution is -2.09. The second-order valence-electron chi connectivity index (χ2n) is 7.76. The number of aromatic amines is 1. The standard InChI is InChI=1S/C25H26N4O5S/c1-5-33-24(31)22-15(2)21(16(3)26-22)20(30)14-35-25-28-27-23(17-8-6-9-18(12-17)32-4)29(25)13-19-10-7-11-34-19/h6-12,26H,5,13-14H2,1-4H3. The summed E-state index contributed by atoms with van der Waals surface area (Å²) in [7, 11) is 1.61. The Kier molecular flexibility index (Phi) is 7.40. The van der Waals surface area contributed by atoms with E-state index in [-0.39, 0.29) is 18.1 Å². The van der Waals surface area contributed by atoms with Gasteiger partial charge in [0.15, 0.2) is 16.8 Å². The number of nitrogens with one attached hydrogen (secondary N) is 1. The van der Waals surface area contributed by atoms with Gasteiger partial charge in [-0.1, -0.05) is 23.9 Å². The molecule has 0 spiro atoms. The normalized spacial score (nSPS) is 11.0. The molecule has 0 aliphatic heterocycles. The first-order valence-corrected chi connectivity index (χ1v) is 12.0. The van der Waals surface area contributed by atoms with Gasteiger partial charge in [0.05, 0.1) is 32.3 Å². The lowest BCUT2D eigenvalue weighted by Gasteiger charge is -2.10. The molecule has 0 radical (unpaired) electrons. The number of ether oxygens (including phenoxy) is 2. The van der Waals surface area contributed by atoms with E-state index in [2.05, 4.69) is 15.2 Å². The molecule has 0 unspecified atom stereocenters. The van der Waals surface area contributed by atoms with E-state index in [1.54, 1.807) is 34.1 Å². The van der Waals surface area contributed by atoms with E-state index in [0.29, 0.717) is 45.8 Å². The number of ketones is 1. The Bertz CT molecular complexity index is 1340. The molecule has 182 valence electrons. The summed E-state index contributed by atoms with van der Waals surface area (Å²) in [5, 5.41) is 9.32. The van der Waals surface area contributed by atoms with Gasteiger partial charge in [-0.15, -0.1) is 10.2 Å². The third-order valence-electron chi connectivity index (χ3n) is 5.47. The number of H-pyrrole nitrogens is 1. The molecule has 1 N–H and O–H groups in total. The summed E-state index contributed by atoms with van der Waals surface area (Å²) in [6.07, 6.45) is 1.61. The summed E-state index contributed by atoms with van der Waals surface area (Å²) in [4.78, 5) is 28.4. The average molecular weight is 495 g/mol. The van der Waals surface area contributed by atoms with E-state index in [1.807, 2.05) is 41.0 Å². The number of benzene rings is 1. The maximum atomic E-state index is 13.2. The largest absolute Gasteiger partial charge is 0.497 e. The third-order valence-corrected chi connectivity index (χ3v) is 6.43. The number of rotatable bonds is 10. The van der Waals surface area contributed by atoms with Crippen LogP contribution in [0.15, 0.2) is 52.2 Å². The summed E-state index contributed by atoms with van der Waals surface area (Å²) in [6.45, 7) is 5.92. The quantitative estimate of drug-likeness (QED) is 0.192. The third kappa shape index (κ3) is 5.17. The molecule has 0 bridgehead atoms. The maximum Gasteiger partial charge on any atom is 0.355 e. The number of carbonyl (C=O) groups excluding carboxylic acids is 2. The number of methoxy groups -OCH3 is 1. The van der Waals surface area contributed by atoms with Crippen molar-refractivity contribution < 1.29 is 23.5 Å². The van der Waals surface area contributed by atoms with Crippen molar-refractivity contribution in [2.45, 2.75) is 32.5 Å². The molecule has 0 aliphatic carbocycles. The Balaban J connectivity index is 1.60. The Morgan fingerprint density at radius 1 is 1.17 bits per heavy atom. The van der Waals surface area contributed by atoms with Gasteiger partial charge in [-0.3, -0.25) is 9.36 Å². The van der Waals surface area contributed by atoms with Gasteiger partial charge in [0, 0.05) is 16.8 Å². The lowest BCUT2D eigenvalue weighted by atomic mass is 10.1. The first-order chi connectivity index (χ1) is 16.9. The van der Waals surface area contributed by atoms with Crippen LogP contribution in [0.4, 0.5) is 0 Å². The van der Waals surface area contributed by atoms with Crippen LogP contribution in [0.1, 0.15) is 44.8 Å². The van der Waals surface area contributed by atoms with Gasteiger partial charge in [-0.25, -0.2) is 4.79 Å². The zero-order valence-corrected chi connectivity index (χ0v) is 20.8. The van der Waals surface area contributed by atoms with Crippen LogP contribution in [-0.4, -0.2) is 51.0 Å². The molecule has 4 aromatic rings. The van der Waals surface area contributed by atoms with Gasteiger partial charge in [0.1, 0.15) is 17.2 Å². The number of nitrogens with zero attached hydrogens (tertiary/aromatic N) is 3. The van der Waals surface area contributed by atoms with Gasteiger partial charge in [0.25, 0.3) is 0 Å². The van der Waals surface area contributed by atoms with E-state index in [9.17, 15) is 9.59 Å². The smallest absolute Gasteiger partial charge is 0.355 e. The Morgan fingerprint density at radius 2 is 2.00 bits per heavy atom. The van der Waals surface area contributed by atoms with Gasteiger partial charge in [-0.05, 0) is 50.6 Å². The number of carbonyl (C=O) groups is 2. The maximum absolute atomic E-state index is 13.2. The highest BCUT2D eigenvalue weighted by Gasteiger charge is 2.24. The van der Waals surface area contributed by atoms with Crippen molar-refractivity contribution in [2.75, 3.05) is 19.5 Å². The molecule has 1 aromatic carbocycles. The molecule has 0 atom stereocenters. The van der Waals surface area contributed by atoms with Crippen molar-refractivity contribution in [2.24, 2.45) is 0 Å². The van der Waals surface area contributed by atoms with E-state index >= 15 is 0 Å². The number of aromatic nitrogens is 4. The molecule has 35 heavy (non-hydrogen) atoms. The summed E-state index contributed by atoms with van der Waals surface area (Å²) >= 11 is 1.28. The molecule has 0 aliphatic rings. The van der Waals surface area contributed by atoms with Gasteiger partial charge >= 0.3 is 5.97 Å². The average Bonchev–Trinajstić information content (AvgIpc) is 3.58. The highest BCUT2D eigenvalue weighted by atomic mass is 32.2. The Labute approximate surface area is 206 Å². The number of aryl methyl sites for hydroxylation is 1. The zero-order valence-electron chi connectivity index (χ0n) is 20.0. The van der Waals surface area contributed by atoms with E-state index in [4.69, 9.17) is 13.9 Å². The number of esters is 1. The minimum absolute atomic E-state index is 0.118. The van der Waals surface area contributed by atoms with Crippen LogP contribution in [0.2, 0.25) is 0 Å².